The summed E-state index contributed by atoms with van der Waals surface area (Å²) < 4.78 is 2.06. The number of aryl methyl sites for hydroxylation is 1. The molecule has 0 bridgehead atoms. The SMILES string of the molecule is Cn1ccnc1Cc1ccc(C2(N)CCCC2)cc1. The fraction of sp³-hybridized carbons (Fsp3) is 0.438. The second-order valence-corrected chi connectivity index (χ2v) is 5.69. The number of nitrogens with zero attached hydrogens (tertiary/aromatic N) is 2. The molecule has 1 aliphatic rings. The van der Waals surface area contributed by atoms with Gasteiger partial charge in [0.2, 0.25) is 0 Å². The Morgan fingerprint density at radius 3 is 2.47 bits per heavy atom. The maximum atomic E-state index is 6.47. The molecule has 2 aromatic rings. The van der Waals surface area contributed by atoms with Crippen LogP contribution < -0.4 is 5.73 Å². The van der Waals surface area contributed by atoms with Crippen molar-refractivity contribution < 1.29 is 0 Å². The molecule has 1 aliphatic carbocycles. The quantitative estimate of drug-likeness (QED) is 0.916. The van der Waals surface area contributed by atoms with Gasteiger partial charge in [-0.25, -0.2) is 4.98 Å². The number of hydrogen-bond donors (Lipinski definition) is 1. The number of hydrogen-bond acceptors (Lipinski definition) is 2. The molecule has 1 heterocycles. The molecular formula is C16H21N3. The first-order valence-corrected chi connectivity index (χ1v) is 7.02. The van der Waals surface area contributed by atoms with Crippen molar-refractivity contribution in [1.82, 2.24) is 9.55 Å². The van der Waals surface area contributed by atoms with Crippen LogP contribution in [0, 0.1) is 0 Å². The van der Waals surface area contributed by atoms with Crippen LogP contribution in [0.3, 0.4) is 0 Å². The average Bonchev–Trinajstić information content (AvgIpc) is 3.01. The van der Waals surface area contributed by atoms with Gasteiger partial charge in [-0.3, -0.25) is 0 Å². The van der Waals surface area contributed by atoms with Crippen LogP contribution in [0.2, 0.25) is 0 Å². The van der Waals surface area contributed by atoms with Crippen molar-refractivity contribution in [2.45, 2.75) is 37.6 Å². The van der Waals surface area contributed by atoms with Gasteiger partial charge in [0.1, 0.15) is 5.82 Å². The molecule has 100 valence electrons. The highest BCUT2D eigenvalue weighted by molar-refractivity contribution is 5.30. The summed E-state index contributed by atoms with van der Waals surface area (Å²) in [5, 5.41) is 0. The molecule has 0 unspecified atom stereocenters. The molecular weight excluding hydrogens is 234 g/mol. The summed E-state index contributed by atoms with van der Waals surface area (Å²) in [4.78, 5) is 4.36. The summed E-state index contributed by atoms with van der Waals surface area (Å²) in [5.74, 6) is 1.09. The van der Waals surface area contributed by atoms with E-state index in [0.717, 1.165) is 25.1 Å². The highest BCUT2D eigenvalue weighted by Gasteiger charge is 2.30. The predicted molar refractivity (Wildman–Crippen MR) is 76.8 cm³/mol. The summed E-state index contributed by atoms with van der Waals surface area (Å²) in [7, 11) is 2.03. The first-order chi connectivity index (χ1) is 9.17. The predicted octanol–water partition coefficient (Wildman–Crippen LogP) is 2.74. The van der Waals surface area contributed by atoms with Gasteiger partial charge in [0.05, 0.1) is 0 Å². The fourth-order valence-corrected chi connectivity index (χ4v) is 3.00. The van der Waals surface area contributed by atoms with Crippen LogP contribution in [0.5, 0.6) is 0 Å². The van der Waals surface area contributed by atoms with Gasteiger partial charge in [-0.05, 0) is 24.0 Å². The molecule has 1 aromatic carbocycles. The van der Waals surface area contributed by atoms with Crippen molar-refractivity contribution in [3.8, 4) is 0 Å². The Labute approximate surface area is 114 Å². The smallest absolute Gasteiger partial charge is 0.112 e. The Bertz CT molecular complexity index is 548. The molecule has 19 heavy (non-hydrogen) atoms. The van der Waals surface area contributed by atoms with Crippen LogP contribution in [0.4, 0.5) is 0 Å². The lowest BCUT2D eigenvalue weighted by Crippen LogP contribution is -2.32. The van der Waals surface area contributed by atoms with Gasteiger partial charge < -0.3 is 10.3 Å². The zero-order chi connectivity index (χ0) is 13.3. The van der Waals surface area contributed by atoms with E-state index in [1.54, 1.807) is 0 Å². The van der Waals surface area contributed by atoms with E-state index in [0.29, 0.717) is 0 Å². The van der Waals surface area contributed by atoms with Gasteiger partial charge in [0, 0.05) is 31.4 Å². The van der Waals surface area contributed by atoms with Crippen LogP contribution in [0.1, 0.15) is 42.6 Å². The van der Waals surface area contributed by atoms with Gasteiger partial charge in [-0.2, -0.15) is 0 Å². The minimum atomic E-state index is -0.0816. The van der Waals surface area contributed by atoms with Crippen LogP contribution >= 0.6 is 0 Å². The van der Waals surface area contributed by atoms with Crippen molar-refractivity contribution in [2.75, 3.05) is 0 Å². The van der Waals surface area contributed by atoms with Crippen molar-refractivity contribution in [2.24, 2.45) is 12.8 Å². The Morgan fingerprint density at radius 1 is 1.21 bits per heavy atom. The fourth-order valence-electron chi connectivity index (χ4n) is 3.00. The van der Waals surface area contributed by atoms with Gasteiger partial charge >= 0.3 is 0 Å². The van der Waals surface area contributed by atoms with E-state index < -0.39 is 0 Å². The molecule has 3 nitrogen and oxygen atoms in total. The van der Waals surface area contributed by atoms with E-state index >= 15 is 0 Å². The van der Waals surface area contributed by atoms with E-state index in [9.17, 15) is 0 Å². The number of nitrogens with two attached hydrogens (primary N) is 1. The molecule has 2 N–H and O–H groups in total. The van der Waals surface area contributed by atoms with Crippen molar-refractivity contribution in [3.63, 3.8) is 0 Å². The molecule has 0 aliphatic heterocycles. The molecule has 1 aromatic heterocycles. The lowest BCUT2D eigenvalue weighted by Gasteiger charge is -2.24. The largest absolute Gasteiger partial charge is 0.338 e. The number of benzene rings is 1. The van der Waals surface area contributed by atoms with E-state index in [-0.39, 0.29) is 5.54 Å². The monoisotopic (exact) mass is 255 g/mol. The van der Waals surface area contributed by atoms with Gasteiger partial charge in [-0.1, -0.05) is 37.1 Å². The van der Waals surface area contributed by atoms with E-state index in [2.05, 4.69) is 33.8 Å². The third-order valence-corrected chi connectivity index (χ3v) is 4.31. The maximum absolute atomic E-state index is 6.47. The lowest BCUT2D eigenvalue weighted by molar-refractivity contribution is 0.461. The molecule has 1 fully saturated rings. The molecule has 0 spiro atoms. The summed E-state index contributed by atoms with van der Waals surface area (Å²) in [5.41, 5.74) is 8.97. The Morgan fingerprint density at radius 2 is 1.89 bits per heavy atom. The van der Waals surface area contributed by atoms with E-state index in [1.807, 2.05) is 19.4 Å². The summed E-state index contributed by atoms with van der Waals surface area (Å²) in [6.07, 6.45) is 9.45. The van der Waals surface area contributed by atoms with Crippen molar-refractivity contribution >= 4 is 0 Å². The Balaban J connectivity index is 1.77. The molecule has 0 atom stereocenters. The topological polar surface area (TPSA) is 43.8 Å². The van der Waals surface area contributed by atoms with E-state index in [1.165, 1.54) is 24.0 Å². The van der Waals surface area contributed by atoms with Crippen LogP contribution in [0.25, 0.3) is 0 Å². The second kappa shape index (κ2) is 4.82. The zero-order valence-corrected chi connectivity index (χ0v) is 11.5. The minimum Gasteiger partial charge on any atom is -0.338 e. The van der Waals surface area contributed by atoms with Crippen molar-refractivity contribution in [3.05, 3.63) is 53.6 Å². The minimum absolute atomic E-state index is 0.0816. The van der Waals surface area contributed by atoms with Gasteiger partial charge in [0.25, 0.3) is 0 Å². The Kier molecular flexibility index (Phi) is 3.15. The molecule has 0 radical (unpaired) electrons. The summed E-state index contributed by atoms with van der Waals surface area (Å²) in [6.45, 7) is 0. The van der Waals surface area contributed by atoms with Gasteiger partial charge in [0.15, 0.2) is 0 Å². The molecule has 0 saturated heterocycles. The molecule has 0 amide bonds. The number of rotatable bonds is 3. The molecule has 3 rings (SSSR count). The normalized spacial score (nSPS) is 17.8. The standard InChI is InChI=1S/C16H21N3/c1-19-11-10-18-15(19)12-13-4-6-14(7-5-13)16(17)8-2-3-9-16/h4-7,10-11H,2-3,8-9,12,17H2,1H3. The Hall–Kier alpha value is -1.61. The number of imidazole rings is 1. The summed E-state index contributed by atoms with van der Waals surface area (Å²) >= 11 is 0. The van der Waals surface area contributed by atoms with Crippen LogP contribution in [-0.4, -0.2) is 9.55 Å². The highest BCUT2D eigenvalue weighted by atomic mass is 15.0. The third-order valence-electron chi connectivity index (χ3n) is 4.31. The summed E-state index contributed by atoms with van der Waals surface area (Å²) in [6, 6.07) is 8.78. The average molecular weight is 255 g/mol. The number of aromatic nitrogens is 2. The van der Waals surface area contributed by atoms with E-state index in [4.69, 9.17) is 5.73 Å². The van der Waals surface area contributed by atoms with Crippen LogP contribution in [-0.2, 0) is 19.0 Å². The highest BCUT2D eigenvalue weighted by Crippen LogP contribution is 2.36. The van der Waals surface area contributed by atoms with Crippen molar-refractivity contribution in [1.29, 1.82) is 0 Å². The zero-order valence-electron chi connectivity index (χ0n) is 11.5. The van der Waals surface area contributed by atoms with Crippen LogP contribution in [0.15, 0.2) is 36.7 Å². The lowest BCUT2D eigenvalue weighted by atomic mass is 9.89. The first-order valence-electron chi connectivity index (χ1n) is 7.02. The molecule has 3 heteroatoms. The maximum Gasteiger partial charge on any atom is 0.112 e. The molecule has 1 saturated carbocycles. The second-order valence-electron chi connectivity index (χ2n) is 5.69. The van der Waals surface area contributed by atoms with Gasteiger partial charge in [-0.15, -0.1) is 0 Å². The third kappa shape index (κ3) is 2.43. The first kappa shape index (κ1) is 12.4.